The Hall–Kier alpha value is -2.40. The number of fused-ring (bicyclic) bond motifs is 1. The number of carbonyl (C=O) groups excluding carboxylic acids is 1. The number of anilines is 1. The van der Waals surface area contributed by atoms with E-state index in [9.17, 15) is 4.79 Å². The van der Waals surface area contributed by atoms with E-state index < -0.39 is 0 Å². The lowest BCUT2D eigenvalue weighted by atomic mass is 10.0. The number of pyridine rings is 1. The van der Waals surface area contributed by atoms with Crippen LogP contribution in [0.1, 0.15) is 48.6 Å². The van der Waals surface area contributed by atoms with Crippen LogP contribution in [0.15, 0.2) is 36.8 Å². The lowest BCUT2D eigenvalue weighted by molar-refractivity contribution is -0.117. The van der Waals surface area contributed by atoms with Gasteiger partial charge in [-0.3, -0.25) is 9.48 Å². The summed E-state index contributed by atoms with van der Waals surface area (Å²) in [4.78, 5) is 17.1. The van der Waals surface area contributed by atoms with E-state index in [2.05, 4.69) is 21.5 Å². The summed E-state index contributed by atoms with van der Waals surface area (Å²) in [6.45, 7) is 0. The second-order valence-electron chi connectivity index (χ2n) is 8.79. The van der Waals surface area contributed by atoms with Crippen LogP contribution in [0.5, 0.6) is 0 Å². The van der Waals surface area contributed by atoms with Crippen LogP contribution >= 0.6 is 11.6 Å². The molecule has 28 heavy (non-hydrogen) atoms. The van der Waals surface area contributed by atoms with Crippen molar-refractivity contribution in [2.45, 2.75) is 37.5 Å². The van der Waals surface area contributed by atoms with Gasteiger partial charge in [-0.1, -0.05) is 11.6 Å². The van der Waals surface area contributed by atoms with E-state index in [0.29, 0.717) is 17.2 Å². The normalized spacial score (nSPS) is 26.4. The summed E-state index contributed by atoms with van der Waals surface area (Å²) in [6.07, 6.45) is 10.4. The van der Waals surface area contributed by atoms with Gasteiger partial charge in [0.1, 0.15) is 5.82 Å². The molecular weight excluding hydrogens is 372 g/mol. The number of nitrogens with zero attached hydrogens (tertiary/aromatic N) is 3. The van der Waals surface area contributed by atoms with Crippen LogP contribution in [0.25, 0.3) is 10.8 Å². The van der Waals surface area contributed by atoms with Crippen LogP contribution in [-0.2, 0) is 11.8 Å². The number of halogens is 1. The van der Waals surface area contributed by atoms with Crippen LogP contribution in [-0.4, -0.2) is 20.7 Å². The molecule has 1 aromatic carbocycles. The predicted octanol–water partition coefficient (Wildman–Crippen LogP) is 4.63. The summed E-state index contributed by atoms with van der Waals surface area (Å²) in [7, 11) is 1.90. The highest BCUT2D eigenvalue weighted by Crippen LogP contribution is 2.75. The van der Waals surface area contributed by atoms with E-state index in [1.807, 2.05) is 31.6 Å². The second-order valence-corrected chi connectivity index (χ2v) is 9.20. The smallest absolute Gasteiger partial charge is 0.229 e. The first-order chi connectivity index (χ1) is 13.5. The average Bonchev–Trinajstić information content (AvgIpc) is 3.60. The fourth-order valence-corrected chi connectivity index (χ4v) is 5.03. The van der Waals surface area contributed by atoms with Crippen molar-refractivity contribution in [2.24, 2.45) is 18.4 Å². The van der Waals surface area contributed by atoms with E-state index >= 15 is 0 Å². The number of hydrogen-bond acceptors (Lipinski definition) is 3. The van der Waals surface area contributed by atoms with Crippen LogP contribution in [0.2, 0.25) is 5.02 Å². The van der Waals surface area contributed by atoms with Crippen LogP contribution in [0.3, 0.4) is 0 Å². The first-order valence-corrected chi connectivity index (χ1v) is 10.3. The topological polar surface area (TPSA) is 59.8 Å². The third-order valence-corrected chi connectivity index (χ3v) is 7.15. The van der Waals surface area contributed by atoms with E-state index in [1.54, 1.807) is 10.9 Å². The molecule has 1 spiro atoms. The molecule has 3 aliphatic rings. The van der Waals surface area contributed by atoms with Gasteiger partial charge in [0.2, 0.25) is 5.91 Å². The third kappa shape index (κ3) is 2.64. The molecular formula is C22H21ClN4O. The molecule has 142 valence electrons. The van der Waals surface area contributed by atoms with Crippen molar-refractivity contribution in [2.75, 3.05) is 5.32 Å². The number of aryl methyl sites for hydroxylation is 1. The Morgan fingerprint density at radius 3 is 2.82 bits per heavy atom. The zero-order chi connectivity index (χ0) is 19.0. The fraction of sp³-hybridized carbons (Fsp3) is 0.409. The number of carbonyl (C=O) groups is 1. The molecule has 3 aromatic rings. The molecule has 0 radical (unpaired) electrons. The van der Waals surface area contributed by atoms with Gasteiger partial charge in [-0.05, 0) is 77.6 Å². The van der Waals surface area contributed by atoms with Crippen LogP contribution < -0.4 is 5.32 Å². The Kier molecular flexibility index (Phi) is 3.29. The summed E-state index contributed by atoms with van der Waals surface area (Å²) in [5.41, 5.74) is 2.95. The lowest BCUT2D eigenvalue weighted by Gasteiger charge is -2.09. The average molecular weight is 393 g/mol. The number of rotatable bonds is 4. The summed E-state index contributed by atoms with van der Waals surface area (Å²) >= 11 is 6.54. The second kappa shape index (κ2) is 5.57. The van der Waals surface area contributed by atoms with Gasteiger partial charge >= 0.3 is 0 Å². The number of hydrogen-bond donors (Lipinski definition) is 1. The standard InChI is InChI=1S/C22H21ClN4O/c1-27-11-14(10-25-27)15-7-16(15)21(28)26-20-6-12-4-17(18-8-22(18)2-3-22)19(23)5-13(12)9-24-20/h4-6,9-11,15-16,18H,2-3,7-8H2,1H3,(H,24,26,28). The van der Waals surface area contributed by atoms with Gasteiger partial charge in [0.15, 0.2) is 0 Å². The molecule has 6 heteroatoms. The predicted molar refractivity (Wildman–Crippen MR) is 108 cm³/mol. The molecule has 3 saturated carbocycles. The van der Waals surface area contributed by atoms with Crippen LogP contribution in [0.4, 0.5) is 5.82 Å². The largest absolute Gasteiger partial charge is 0.310 e. The highest BCUT2D eigenvalue weighted by atomic mass is 35.5. The van der Waals surface area contributed by atoms with Gasteiger partial charge in [0.25, 0.3) is 0 Å². The number of amides is 1. The van der Waals surface area contributed by atoms with Crippen molar-refractivity contribution in [1.29, 1.82) is 0 Å². The Labute approximate surface area is 168 Å². The first-order valence-electron chi connectivity index (χ1n) is 9.91. The number of aromatic nitrogens is 3. The molecule has 2 heterocycles. The molecule has 0 saturated heterocycles. The molecule has 3 fully saturated rings. The SMILES string of the molecule is Cn1cc(C2CC2C(=O)Nc2cc3cc(C4CC45CC5)c(Cl)cc3cn2)cn1. The first kappa shape index (κ1) is 16.5. The van der Waals surface area contributed by atoms with Crippen LogP contribution in [0, 0.1) is 11.3 Å². The van der Waals surface area contributed by atoms with E-state index in [4.69, 9.17) is 11.6 Å². The zero-order valence-electron chi connectivity index (χ0n) is 15.7. The number of benzene rings is 1. The van der Waals surface area contributed by atoms with Gasteiger partial charge in [-0.25, -0.2) is 4.98 Å². The Balaban J connectivity index is 1.22. The highest BCUT2D eigenvalue weighted by Gasteiger charge is 2.63. The quantitative estimate of drug-likeness (QED) is 0.704. The van der Waals surface area contributed by atoms with Gasteiger partial charge < -0.3 is 5.32 Å². The Bertz CT molecular complexity index is 1130. The van der Waals surface area contributed by atoms with Gasteiger partial charge in [-0.2, -0.15) is 5.10 Å². The Morgan fingerprint density at radius 1 is 1.25 bits per heavy atom. The molecule has 3 atom stereocenters. The van der Waals surface area contributed by atoms with Crippen molar-refractivity contribution >= 4 is 34.1 Å². The monoisotopic (exact) mass is 392 g/mol. The van der Waals surface area contributed by atoms with Gasteiger partial charge in [0.05, 0.1) is 6.20 Å². The van der Waals surface area contributed by atoms with Crippen molar-refractivity contribution in [3.63, 3.8) is 0 Å². The molecule has 3 unspecified atom stereocenters. The van der Waals surface area contributed by atoms with Gasteiger partial charge in [0, 0.05) is 35.8 Å². The van der Waals surface area contributed by atoms with Crippen molar-refractivity contribution in [3.8, 4) is 0 Å². The zero-order valence-corrected chi connectivity index (χ0v) is 16.4. The van der Waals surface area contributed by atoms with Crippen molar-refractivity contribution in [1.82, 2.24) is 14.8 Å². The fourth-order valence-electron chi connectivity index (χ4n) is 4.72. The summed E-state index contributed by atoms with van der Waals surface area (Å²) in [6, 6.07) is 6.18. The number of nitrogens with one attached hydrogen (secondary N) is 1. The van der Waals surface area contributed by atoms with Crippen molar-refractivity contribution in [3.05, 3.63) is 52.9 Å². The molecule has 6 rings (SSSR count). The maximum atomic E-state index is 12.6. The molecule has 2 aromatic heterocycles. The summed E-state index contributed by atoms with van der Waals surface area (Å²) in [5.74, 6) is 1.53. The third-order valence-electron chi connectivity index (χ3n) is 6.83. The minimum atomic E-state index is 0.00339. The minimum absolute atomic E-state index is 0.00339. The summed E-state index contributed by atoms with van der Waals surface area (Å²) < 4.78 is 1.78. The molecule has 5 nitrogen and oxygen atoms in total. The molecule has 0 bridgehead atoms. The molecule has 3 aliphatic carbocycles. The van der Waals surface area contributed by atoms with E-state index in [1.165, 1.54) is 24.8 Å². The summed E-state index contributed by atoms with van der Waals surface area (Å²) in [5, 5.41) is 10.1. The Morgan fingerprint density at radius 2 is 2.11 bits per heavy atom. The highest BCUT2D eigenvalue weighted by molar-refractivity contribution is 6.32. The molecule has 0 aliphatic heterocycles. The van der Waals surface area contributed by atoms with Gasteiger partial charge in [-0.15, -0.1) is 0 Å². The van der Waals surface area contributed by atoms with Crippen molar-refractivity contribution < 1.29 is 4.79 Å². The van der Waals surface area contributed by atoms with E-state index in [-0.39, 0.29) is 17.7 Å². The molecule has 1 N–H and O–H groups in total. The lowest BCUT2D eigenvalue weighted by Crippen LogP contribution is -2.15. The molecule has 1 amide bonds. The maximum Gasteiger partial charge on any atom is 0.229 e. The maximum absolute atomic E-state index is 12.6. The van der Waals surface area contributed by atoms with E-state index in [0.717, 1.165) is 27.8 Å². The minimum Gasteiger partial charge on any atom is -0.310 e.